The maximum Gasteiger partial charge on any atom is 0.312 e. The summed E-state index contributed by atoms with van der Waals surface area (Å²) in [6.07, 6.45) is 1.81. The van der Waals surface area contributed by atoms with E-state index in [4.69, 9.17) is 21.1 Å². The van der Waals surface area contributed by atoms with E-state index in [-0.39, 0.29) is 19.1 Å². The van der Waals surface area contributed by atoms with Crippen LogP contribution in [0.2, 0.25) is 5.02 Å². The molecule has 5 rings (SSSR count). The third kappa shape index (κ3) is 4.33. The molecule has 2 amide bonds. The predicted molar refractivity (Wildman–Crippen MR) is 146 cm³/mol. The van der Waals surface area contributed by atoms with Crippen molar-refractivity contribution in [3.63, 3.8) is 0 Å². The first-order valence-corrected chi connectivity index (χ1v) is 14.0. The quantitative estimate of drug-likeness (QED) is 0.455. The third-order valence-electron chi connectivity index (χ3n) is 8.80. The van der Waals surface area contributed by atoms with E-state index < -0.39 is 47.0 Å². The van der Waals surface area contributed by atoms with E-state index in [0.717, 1.165) is 11.1 Å². The molecule has 208 valence electrons. The van der Waals surface area contributed by atoms with Crippen molar-refractivity contribution in [1.82, 2.24) is 4.90 Å². The van der Waals surface area contributed by atoms with Crippen LogP contribution in [0.5, 0.6) is 0 Å². The number of amides is 2. The molecule has 39 heavy (non-hydrogen) atoms. The molecule has 1 spiro atoms. The second-order valence-electron chi connectivity index (χ2n) is 10.8. The minimum absolute atomic E-state index is 0.176. The van der Waals surface area contributed by atoms with Crippen LogP contribution in [0.25, 0.3) is 0 Å². The van der Waals surface area contributed by atoms with Crippen LogP contribution in [0, 0.1) is 18.8 Å². The number of aryl methyl sites for hydroxylation is 1. The second kappa shape index (κ2) is 10.6. The Kier molecular flexibility index (Phi) is 7.48. The molecule has 2 N–H and O–H groups in total. The predicted octanol–water partition coefficient (Wildman–Crippen LogP) is 3.91. The molecule has 2 bridgehead atoms. The Bertz CT molecular complexity index is 1250. The van der Waals surface area contributed by atoms with Gasteiger partial charge in [0.15, 0.2) is 0 Å². The molecule has 3 aliphatic rings. The number of nitrogens with one attached hydrogen (secondary N) is 1. The molecule has 2 unspecified atom stereocenters. The number of ether oxygens (including phenoxy) is 2. The van der Waals surface area contributed by atoms with E-state index in [9.17, 15) is 19.5 Å². The standard InChI is InChI=1S/C30H35ClN2O6/c1-4-29-14-15-30(39-29)22(23(29)28(37)38-5-2)27(36)33(20(17-34)16-19-11-7-6-8-12-19)25(30)26(35)32-24-18(3)10-9-13-21(24)31/h6-13,20,22-23,25,34H,4-5,14-17H2,1-3H3,(H,32,35)/t20-,22+,23+,25?,29-,30?/m1/s1. The van der Waals surface area contributed by atoms with Crippen LogP contribution in [0.4, 0.5) is 5.69 Å². The molecular weight excluding hydrogens is 520 g/mol. The van der Waals surface area contributed by atoms with Crippen molar-refractivity contribution < 1.29 is 29.0 Å². The Morgan fingerprint density at radius 1 is 1.18 bits per heavy atom. The topological polar surface area (TPSA) is 105 Å². The highest BCUT2D eigenvalue weighted by Crippen LogP contribution is 2.64. The summed E-state index contributed by atoms with van der Waals surface area (Å²) in [6, 6.07) is 13.1. The number of rotatable bonds is 9. The molecule has 9 heteroatoms. The van der Waals surface area contributed by atoms with Crippen molar-refractivity contribution in [3.8, 4) is 0 Å². The summed E-state index contributed by atoms with van der Waals surface area (Å²) in [5.41, 5.74) is 0.0336. The van der Waals surface area contributed by atoms with Gasteiger partial charge in [-0.05, 0) is 56.7 Å². The molecule has 2 aromatic rings. The molecule has 0 aromatic heterocycles. The number of aliphatic hydroxyl groups is 1. The Morgan fingerprint density at radius 3 is 2.56 bits per heavy atom. The normalized spacial score (nSPS) is 29.8. The number of esters is 1. The van der Waals surface area contributed by atoms with Gasteiger partial charge in [0, 0.05) is 0 Å². The fourth-order valence-electron chi connectivity index (χ4n) is 7.06. The average molecular weight is 555 g/mol. The van der Waals surface area contributed by atoms with Crippen molar-refractivity contribution in [1.29, 1.82) is 0 Å². The van der Waals surface area contributed by atoms with E-state index in [1.165, 1.54) is 4.90 Å². The molecule has 3 fully saturated rings. The largest absolute Gasteiger partial charge is 0.466 e. The number of carbonyl (C=O) groups is 3. The lowest BCUT2D eigenvalue weighted by molar-refractivity contribution is -0.161. The molecule has 0 radical (unpaired) electrons. The second-order valence-corrected chi connectivity index (χ2v) is 11.2. The van der Waals surface area contributed by atoms with Gasteiger partial charge < -0.3 is 24.8 Å². The zero-order valence-corrected chi connectivity index (χ0v) is 23.2. The molecule has 2 aromatic carbocycles. The molecule has 6 atom stereocenters. The average Bonchev–Trinajstić information content (AvgIpc) is 3.54. The van der Waals surface area contributed by atoms with Crippen molar-refractivity contribution >= 4 is 35.1 Å². The summed E-state index contributed by atoms with van der Waals surface area (Å²) in [7, 11) is 0. The Labute approximate surface area is 233 Å². The van der Waals surface area contributed by atoms with E-state index in [2.05, 4.69) is 5.32 Å². The first kappa shape index (κ1) is 27.6. The van der Waals surface area contributed by atoms with Gasteiger partial charge in [0.25, 0.3) is 0 Å². The minimum Gasteiger partial charge on any atom is -0.466 e. The smallest absolute Gasteiger partial charge is 0.312 e. The van der Waals surface area contributed by atoms with Crippen molar-refractivity contribution in [2.24, 2.45) is 11.8 Å². The lowest BCUT2D eigenvalue weighted by atomic mass is 9.65. The summed E-state index contributed by atoms with van der Waals surface area (Å²) >= 11 is 6.45. The van der Waals surface area contributed by atoms with Crippen LogP contribution in [0.1, 0.15) is 44.2 Å². The number of hydrogen-bond donors (Lipinski definition) is 2. The number of fused-ring (bicyclic) bond motifs is 1. The zero-order chi connectivity index (χ0) is 27.9. The summed E-state index contributed by atoms with van der Waals surface area (Å²) in [5, 5.41) is 13.9. The number of likely N-dealkylation sites (tertiary alicyclic amines) is 1. The Hall–Kier alpha value is -2.94. The van der Waals surface area contributed by atoms with Crippen molar-refractivity contribution in [2.75, 3.05) is 18.5 Å². The summed E-state index contributed by atoms with van der Waals surface area (Å²) in [4.78, 5) is 43.4. The van der Waals surface area contributed by atoms with Gasteiger partial charge in [-0.15, -0.1) is 0 Å². The first-order chi connectivity index (χ1) is 18.7. The van der Waals surface area contributed by atoms with E-state index in [0.29, 0.717) is 36.4 Å². The molecule has 0 saturated carbocycles. The van der Waals surface area contributed by atoms with Crippen molar-refractivity contribution in [2.45, 2.75) is 69.7 Å². The summed E-state index contributed by atoms with van der Waals surface area (Å²) in [6.45, 7) is 5.32. The first-order valence-electron chi connectivity index (χ1n) is 13.6. The van der Waals surface area contributed by atoms with Crippen molar-refractivity contribution in [3.05, 3.63) is 64.7 Å². The van der Waals surface area contributed by atoms with Crippen LogP contribution >= 0.6 is 11.6 Å². The molecular formula is C30H35ClN2O6. The Morgan fingerprint density at radius 2 is 1.92 bits per heavy atom. The van der Waals surface area contributed by atoms with Crippen LogP contribution in [-0.2, 0) is 30.3 Å². The van der Waals surface area contributed by atoms with Gasteiger partial charge >= 0.3 is 5.97 Å². The van der Waals surface area contributed by atoms with E-state index in [1.807, 2.05) is 50.2 Å². The van der Waals surface area contributed by atoms with Gasteiger partial charge in [-0.3, -0.25) is 14.4 Å². The monoisotopic (exact) mass is 554 g/mol. The van der Waals surface area contributed by atoms with Crippen LogP contribution < -0.4 is 5.32 Å². The number of aliphatic hydroxyl groups excluding tert-OH is 1. The SMILES string of the molecule is CCOC(=O)[C@@H]1[C@H]2C(=O)N([C@@H](CO)Cc3ccccc3)C(C(=O)Nc3c(C)cccc3Cl)C23CC[C@@]1(CC)O3. The van der Waals surface area contributed by atoms with Gasteiger partial charge in [-0.2, -0.15) is 0 Å². The van der Waals surface area contributed by atoms with E-state index in [1.54, 1.807) is 19.1 Å². The maximum atomic E-state index is 14.4. The maximum absolute atomic E-state index is 14.4. The van der Waals surface area contributed by atoms with Crippen LogP contribution in [0.15, 0.2) is 48.5 Å². The van der Waals surface area contributed by atoms with Crippen LogP contribution in [-0.4, -0.2) is 64.3 Å². The Balaban J connectivity index is 1.60. The number of para-hydroxylation sites is 1. The third-order valence-corrected chi connectivity index (χ3v) is 9.11. The highest BCUT2D eigenvalue weighted by molar-refractivity contribution is 6.34. The molecule has 3 saturated heterocycles. The van der Waals surface area contributed by atoms with Gasteiger partial charge in [0.2, 0.25) is 11.8 Å². The lowest BCUT2D eigenvalue weighted by Gasteiger charge is -2.37. The number of nitrogens with zero attached hydrogens (tertiary/aromatic N) is 1. The van der Waals surface area contributed by atoms with Crippen LogP contribution in [0.3, 0.4) is 0 Å². The molecule has 3 aliphatic heterocycles. The highest BCUT2D eigenvalue weighted by atomic mass is 35.5. The number of anilines is 1. The minimum atomic E-state index is -1.23. The van der Waals surface area contributed by atoms with Gasteiger partial charge in [-0.25, -0.2) is 0 Å². The fourth-order valence-corrected chi connectivity index (χ4v) is 7.33. The molecule has 0 aliphatic carbocycles. The summed E-state index contributed by atoms with van der Waals surface area (Å²) in [5.74, 6) is -3.02. The number of hydrogen-bond acceptors (Lipinski definition) is 6. The highest BCUT2D eigenvalue weighted by Gasteiger charge is 2.79. The van der Waals surface area contributed by atoms with Gasteiger partial charge in [-0.1, -0.05) is 61.0 Å². The fraction of sp³-hybridized carbons (Fsp3) is 0.500. The molecule has 8 nitrogen and oxygen atoms in total. The lowest BCUT2D eigenvalue weighted by Crippen LogP contribution is -2.57. The molecule has 3 heterocycles. The zero-order valence-electron chi connectivity index (χ0n) is 22.5. The number of halogens is 1. The number of benzene rings is 2. The van der Waals surface area contributed by atoms with E-state index >= 15 is 0 Å². The summed E-state index contributed by atoms with van der Waals surface area (Å²) < 4.78 is 12.2. The van der Waals surface area contributed by atoms with Gasteiger partial charge in [0.05, 0.1) is 41.5 Å². The number of carbonyl (C=O) groups excluding carboxylic acids is 3. The van der Waals surface area contributed by atoms with Gasteiger partial charge in [0.1, 0.15) is 17.6 Å².